The highest BCUT2D eigenvalue weighted by Crippen LogP contribution is 2.22. The van der Waals surface area contributed by atoms with Gasteiger partial charge < -0.3 is 4.74 Å². The first kappa shape index (κ1) is 16.8. The van der Waals surface area contributed by atoms with Gasteiger partial charge in [0.05, 0.1) is 6.67 Å². The summed E-state index contributed by atoms with van der Waals surface area (Å²) in [4.78, 5) is 11.9. The van der Waals surface area contributed by atoms with Crippen LogP contribution < -0.4 is 0 Å². The minimum Gasteiger partial charge on any atom is -0.459 e. The van der Waals surface area contributed by atoms with Crippen LogP contribution in [0.1, 0.15) is 53.4 Å². The normalized spacial score (nSPS) is 13.5. The summed E-state index contributed by atoms with van der Waals surface area (Å²) >= 11 is 1.59. The molecule has 0 saturated carbocycles. The van der Waals surface area contributed by atoms with Crippen LogP contribution in [-0.4, -0.2) is 29.2 Å². The molecule has 0 heterocycles. The van der Waals surface area contributed by atoms with Crippen molar-refractivity contribution in [2.45, 2.75) is 64.2 Å². The molecule has 0 aromatic rings. The largest absolute Gasteiger partial charge is 0.459 e. The van der Waals surface area contributed by atoms with Crippen LogP contribution in [0.5, 0.6) is 0 Å². The molecule has 4 heteroatoms. The quantitative estimate of drug-likeness (QED) is 0.490. The van der Waals surface area contributed by atoms with Crippen LogP contribution >= 0.6 is 11.8 Å². The van der Waals surface area contributed by atoms with E-state index in [1.54, 1.807) is 11.8 Å². The summed E-state index contributed by atoms with van der Waals surface area (Å²) in [5.41, 5.74) is -0.428. The first-order chi connectivity index (χ1) is 7.90. The fourth-order valence-corrected chi connectivity index (χ4v) is 2.56. The molecule has 0 rings (SSSR count). The third-order valence-electron chi connectivity index (χ3n) is 2.07. The number of rotatable bonds is 8. The number of alkyl halides is 1. The summed E-state index contributed by atoms with van der Waals surface area (Å²) in [6.45, 7) is 7.41. The summed E-state index contributed by atoms with van der Waals surface area (Å²) < 4.78 is 17.3. The van der Waals surface area contributed by atoms with Gasteiger partial charge in [0, 0.05) is 0 Å². The molecular formula is C13H25FO2S. The predicted octanol–water partition coefficient (Wildman–Crippen LogP) is 3.98. The van der Waals surface area contributed by atoms with Crippen LogP contribution in [0, 0.1) is 0 Å². The molecule has 0 aliphatic rings. The topological polar surface area (TPSA) is 26.3 Å². The van der Waals surface area contributed by atoms with Crippen molar-refractivity contribution >= 4 is 17.7 Å². The molecule has 0 aromatic carbocycles. The average Bonchev–Trinajstić information content (AvgIpc) is 2.20. The Hall–Kier alpha value is -0.250. The summed E-state index contributed by atoms with van der Waals surface area (Å²) in [6.07, 6.45) is 3.19. The van der Waals surface area contributed by atoms with Crippen molar-refractivity contribution in [3.05, 3.63) is 0 Å². The van der Waals surface area contributed by atoms with E-state index in [0.29, 0.717) is 6.42 Å². The number of hydrogen-bond donors (Lipinski definition) is 0. The average molecular weight is 264 g/mol. The summed E-state index contributed by atoms with van der Waals surface area (Å²) in [7, 11) is 0. The second-order valence-electron chi connectivity index (χ2n) is 5.08. The highest BCUT2D eigenvalue weighted by atomic mass is 32.2. The van der Waals surface area contributed by atoms with Gasteiger partial charge in [0.1, 0.15) is 10.9 Å². The monoisotopic (exact) mass is 264 g/mol. The van der Waals surface area contributed by atoms with E-state index in [2.05, 4.69) is 6.92 Å². The van der Waals surface area contributed by atoms with Crippen LogP contribution in [0.3, 0.4) is 0 Å². The second-order valence-corrected chi connectivity index (χ2v) is 6.39. The molecule has 2 nitrogen and oxygen atoms in total. The Morgan fingerprint density at radius 1 is 1.35 bits per heavy atom. The summed E-state index contributed by atoms with van der Waals surface area (Å²) in [5, 5.41) is -0.0983. The number of carbonyl (C=O) groups is 1. The van der Waals surface area contributed by atoms with Crippen molar-refractivity contribution in [3.63, 3.8) is 0 Å². The first-order valence-corrected chi connectivity index (χ1v) is 7.36. The van der Waals surface area contributed by atoms with Crippen molar-refractivity contribution in [3.8, 4) is 0 Å². The van der Waals surface area contributed by atoms with E-state index in [1.807, 2.05) is 20.8 Å². The third kappa shape index (κ3) is 9.45. The van der Waals surface area contributed by atoms with E-state index in [9.17, 15) is 9.18 Å². The van der Waals surface area contributed by atoms with Gasteiger partial charge in [0.15, 0.2) is 0 Å². The number of unbranched alkanes of at least 4 members (excludes halogenated alkanes) is 1. The fourth-order valence-electron chi connectivity index (χ4n) is 1.32. The Labute approximate surface area is 109 Å². The Morgan fingerprint density at radius 3 is 2.47 bits per heavy atom. The predicted molar refractivity (Wildman–Crippen MR) is 72.2 cm³/mol. The van der Waals surface area contributed by atoms with E-state index in [1.165, 1.54) is 0 Å². The molecule has 0 aliphatic heterocycles. The molecule has 0 spiro atoms. The van der Waals surface area contributed by atoms with Crippen LogP contribution in [0.4, 0.5) is 4.39 Å². The maximum absolute atomic E-state index is 11.9. The maximum Gasteiger partial charge on any atom is 0.319 e. The molecule has 0 bridgehead atoms. The number of carbonyl (C=O) groups excluding carboxylic acids is 1. The lowest BCUT2D eigenvalue weighted by atomic mass is 10.2. The molecule has 0 fully saturated rings. The van der Waals surface area contributed by atoms with E-state index in [4.69, 9.17) is 4.74 Å². The van der Waals surface area contributed by atoms with Gasteiger partial charge in [-0.2, -0.15) is 0 Å². The van der Waals surface area contributed by atoms with Gasteiger partial charge in [-0.1, -0.05) is 13.3 Å². The zero-order valence-corrected chi connectivity index (χ0v) is 12.2. The fraction of sp³-hybridized carbons (Fsp3) is 0.923. The van der Waals surface area contributed by atoms with Gasteiger partial charge in [-0.15, -0.1) is 11.8 Å². The molecule has 0 aliphatic carbocycles. The summed E-state index contributed by atoms with van der Waals surface area (Å²) in [6, 6.07) is 0. The van der Waals surface area contributed by atoms with Crippen molar-refractivity contribution < 1.29 is 13.9 Å². The molecule has 1 atom stereocenters. The molecule has 102 valence electrons. The lowest BCUT2D eigenvalue weighted by Crippen LogP contribution is -2.30. The Morgan fingerprint density at radius 2 is 2.00 bits per heavy atom. The Kier molecular flexibility index (Phi) is 8.66. The van der Waals surface area contributed by atoms with Crippen LogP contribution in [-0.2, 0) is 9.53 Å². The first-order valence-electron chi connectivity index (χ1n) is 6.31. The molecular weight excluding hydrogens is 239 g/mol. The Bertz CT molecular complexity index is 214. The molecule has 0 radical (unpaired) electrons. The minimum absolute atomic E-state index is 0.0983. The number of ether oxygens (including phenoxy) is 1. The van der Waals surface area contributed by atoms with Gasteiger partial charge >= 0.3 is 5.97 Å². The van der Waals surface area contributed by atoms with Crippen LogP contribution in [0.2, 0.25) is 0 Å². The standard InChI is InChI=1S/C13H25FO2S/c1-5-8-11(17-10-7-6-9-14)12(15)16-13(2,3)4/h11H,5-10H2,1-4H3. The van der Waals surface area contributed by atoms with E-state index in [-0.39, 0.29) is 17.9 Å². The van der Waals surface area contributed by atoms with Crippen LogP contribution in [0.15, 0.2) is 0 Å². The lowest BCUT2D eigenvalue weighted by Gasteiger charge is -2.23. The lowest BCUT2D eigenvalue weighted by molar-refractivity contribution is -0.154. The van der Waals surface area contributed by atoms with Crippen molar-refractivity contribution in [2.75, 3.05) is 12.4 Å². The smallest absolute Gasteiger partial charge is 0.319 e. The highest BCUT2D eigenvalue weighted by Gasteiger charge is 2.24. The third-order valence-corrected chi connectivity index (χ3v) is 3.42. The SMILES string of the molecule is CCCC(SCCCCF)C(=O)OC(C)(C)C. The molecule has 0 aromatic heterocycles. The van der Waals surface area contributed by atoms with Gasteiger partial charge in [0.2, 0.25) is 0 Å². The maximum atomic E-state index is 11.9. The van der Waals surface area contributed by atoms with Crippen molar-refractivity contribution in [1.29, 1.82) is 0 Å². The van der Waals surface area contributed by atoms with E-state index < -0.39 is 5.60 Å². The molecule has 1 unspecified atom stereocenters. The van der Waals surface area contributed by atoms with Crippen molar-refractivity contribution in [2.24, 2.45) is 0 Å². The molecule has 0 amide bonds. The Balaban J connectivity index is 4.07. The van der Waals surface area contributed by atoms with E-state index >= 15 is 0 Å². The van der Waals surface area contributed by atoms with Gasteiger partial charge in [-0.25, -0.2) is 0 Å². The number of hydrogen-bond acceptors (Lipinski definition) is 3. The van der Waals surface area contributed by atoms with Gasteiger partial charge in [-0.3, -0.25) is 9.18 Å². The van der Waals surface area contributed by atoms with E-state index in [0.717, 1.165) is 25.0 Å². The second kappa shape index (κ2) is 8.78. The van der Waals surface area contributed by atoms with Gasteiger partial charge in [0.25, 0.3) is 0 Å². The molecule has 17 heavy (non-hydrogen) atoms. The van der Waals surface area contributed by atoms with Crippen molar-refractivity contribution in [1.82, 2.24) is 0 Å². The number of esters is 1. The highest BCUT2D eigenvalue weighted by molar-refractivity contribution is 8.00. The van der Waals surface area contributed by atoms with Gasteiger partial charge in [-0.05, 0) is 45.8 Å². The minimum atomic E-state index is -0.428. The number of halogens is 1. The van der Waals surface area contributed by atoms with Crippen LogP contribution in [0.25, 0.3) is 0 Å². The molecule has 0 saturated heterocycles. The zero-order valence-electron chi connectivity index (χ0n) is 11.4. The molecule has 0 N–H and O–H groups in total. The summed E-state index contributed by atoms with van der Waals surface area (Å²) in [5.74, 6) is 0.693. The zero-order chi connectivity index (χ0) is 13.3. The number of thioether (sulfide) groups is 1.